The van der Waals surface area contributed by atoms with Gasteiger partial charge in [-0.2, -0.15) is 0 Å². The quantitative estimate of drug-likeness (QED) is 0.181. The van der Waals surface area contributed by atoms with Crippen LogP contribution in [0.2, 0.25) is 0 Å². The molecular weight excluding hydrogens is 585 g/mol. The highest BCUT2D eigenvalue weighted by molar-refractivity contribution is 6.13. The molecule has 3 aromatic heterocycles. The fourth-order valence-electron chi connectivity index (χ4n) is 6.63. The van der Waals surface area contributed by atoms with Crippen LogP contribution in [0.25, 0.3) is 88.6 Å². The van der Waals surface area contributed by atoms with E-state index >= 15 is 0 Å². The van der Waals surface area contributed by atoms with Crippen LogP contribution in [0.4, 0.5) is 0 Å². The topological polar surface area (TPSA) is 51.6 Å². The summed E-state index contributed by atoms with van der Waals surface area (Å²) in [6.45, 7) is 0. The molecule has 0 saturated carbocycles. The lowest BCUT2D eigenvalue weighted by molar-refractivity contribution is 1.18. The molecule has 0 amide bonds. The maximum atomic E-state index is 5.15. The largest absolute Gasteiger partial charge is 0.264 e. The summed E-state index contributed by atoms with van der Waals surface area (Å²) in [5, 5.41) is 6.07. The Morgan fingerprint density at radius 1 is 0.375 bits per heavy atom. The smallest absolute Gasteiger partial charge is 0.160 e. The first-order chi connectivity index (χ1) is 23.8. The summed E-state index contributed by atoms with van der Waals surface area (Å²) < 4.78 is 0. The molecule has 0 spiro atoms. The average molecular weight is 613 g/mol. The van der Waals surface area contributed by atoms with Gasteiger partial charge in [0.2, 0.25) is 0 Å². The fourth-order valence-corrected chi connectivity index (χ4v) is 6.63. The summed E-state index contributed by atoms with van der Waals surface area (Å²) in [7, 11) is 0. The Morgan fingerprint density at radius 3 is 1.88 bits per heavy atom. The third-order valence-electron chi connectivity index (χ3n) is 9.03. The number of nitrogens with zero attached hydrogens (tertiary/aromatic N) is 4. The van der Waals surface area contributed by atoms with Crippen LogP contribution < -0.4 is 0 Å². The lowest BCUT2D eigenvalue weighted by atomic mass is 9.93. The first-order valence-electron chi connectivity index (χ1n) is 16.0. The van der Waals surface area contributed by atoms with Crippen LogP contribution >= 0.6 is 0 Å². The first-order valence-corrected chi connectivity index (χ1v) is 16.0. The maximum absolute atomic E-state index is 5.15. The van der Waals surface area contributed by atoms with Crippen molar-refractivity contribution in [2.75, 3.05) is 0 Å². The standard InChI is InChI=1S/C44H28N4/c1-2-12-36-34(8-1)26-40(38-14-4-3-13-37(36)38)30-18-22-33(23-19-30)44-47-41(31-20-16-29(17-21-31)35-11-6-24-45-28-35)27-42(48-44)39-15-5-9-32-10-7-25-46-43(32)39/h1-28H. The normalized spacial score (nSPS) is 11.3. The van der Waals surface area contributed by atoms with Crippen molar-refractivity contribution in [2.24, 2.45) is 0 Å². The van der Waals surface area contributed by atoms with E-state index < -0.39 is 0 Å². The zero-order chi connectivity index (χ0) is 31.9. The van der Waals surface area contributed by atoms with Crippen molar-refractivity contribution in [1.82, 2.24) is 19.9 Å². The number of benzene rings is 6. The molecule has 4 heteroatoms. The molecule has 0 N–H and O–H groups in total. The molecule has 0 atom stereocenters. The van der Waals surface area contributed by atoms with E-state index in [4.69, 9.17) is 15.0 Å². The zero-order valence-corrected chi connectivity index (χ0v) is 26.0. The summed E-state index contributed by atoms with van der Waals surface area (Å²) in [5.41, 5.74) is 10.1. The molecule has 4 nitrogen and oxygen atoms in total. The molecule has 9 rings (SSSR count). The number of para-hydroxylation sites is 1. The number of hydrogen-bond donors (Lipinski definition) is 0. The molecule has 48 heavy (non-hydrogen) atoms. The van der Waals surface area contributed by atoms with Crippen LogP contribution in [-0.4, -0.2) is 19.9 Å². The molecule has 0 radical (unpaired) electrons. The minimum Gasteiger partial charge on any atom is -0.264 e. The number of aromatic nitrogens is 4. The molecule has 9 aromatic rings. The van der Waals surface area contributed by atoms with Crippen LogP contribution in [0.15, 0.2) is 170 Å². The van der Waals surface area contributed by atoms with E-state index in [-0.39, 0.29) is 0 Å². The third-order valence-corrected chi connectivity index (χ3v) is 9.03. The maximum Gasteiger partial charge on any atom is 0.160 e. The molecule has 0 saturated heterocycles. The Balaban J connectivity index is 1.17. The second-order valence-corrected chi connectivity index (χ2v) is 11.9. The monoisotopic (exact) mass is 612 g/mol. The molecule has 224 valence electrons. The highest BCUT2D eigenvalue weighted by atomic mass is 14.9. The summed E-state index contributed by atoms with van der Waals surface area (Å²) >= 11 is 0. The van der Waals surface area contributed by atoms with Gasteiger partial charge in [0, 0.05) is 40.7 Å². The van der Waals surface area contributed by atoms with Gasteiger partial charge in [-0.3, -0.25) is 9.97 Å². The molecule has 6 aromatic carbocycles. The lowest BCUT2D eigenvalue weighted by Crippen LogP contribution is -1.97. The molecule has 3 heterocycles. The van der Waals surface area contributed by atoms with Gasteiger partial charge in [0.25, 0.3) is 0 Å². The van der Waals surface area contributed by atoms with Crippen LogP contribution in [0.3, 0.4) is 0 Å². The van der Waals surface area contributed by atoms with Crippen molar-refractivity contribution in [3.05, 3.63) is 170 Å². The van der Waals surface area contributed by atoms with Crippen LogP contribution in [-0.2, 0) is 0 Å². The minimum atomic E-state index is 0.668. The van der Waals surface area contributed by atoms with Crippen LogP contribution in [0.1, 0.15) is 0 Å². The van der Waals surface area contributed by atoms with Crippen molar-refractivity contribution >= 4 is 32.4 Å². The molecule has 0 bridgehead atoms. The Kier molecular flexibility index (Phi) is 6.76. The van der Waals surface area contributed by atoms with Crippen molar-refractivity contribution in [3.8, 4) is 56.2 Å². The van der Waals surface area contributed by atoms with Gasteiger partial charge < -0.3 is 0 Å². The summed E-state index contributed by atoms with van der Waals surface area (Å²) in [6.07, 6.45) is 5.51. The second-order valence-electron chi connectivity index (χ2n) is 11.9. The van der Waals surface area contributed by atoms with Gasteiger partial charge in [0.05, 0.1) is 16.9 Å². The molecular formula is C44H28N4. The van der Waals surface area contributed by atoms with E-state index in [1.807, 2.05) is 24.5 Å². The number of fused-ring (bicyclic) bond motifs is 4. The second kappa shape index (κ2) is 11.7. The Hall–Kier alpha value is -6.52. The highest BCUT2D eigenvalue weighted by Crippen LogP contribution is 2.36. The van der Waals surface area contributed by atoms with Crippen molar-refractivity contribution in [2.45, 2.75) is 0 Å². The van der Waals surface area contributed by atoms with Crippen molar-refractivity contribution in [1.29, 1.82) is 0 Å². The third kappa shape index (κ3) is 4.97. The Bertz CT molecular complexity index is 2590. The summed E-state index contributed by atoms with van der Waals surface area (Å²) in [6, 6.07) is 53.0. The SMILES string of the molecule is c1cncc(-c2ccc(-c3cc(-c4cccc5cccnc45)nc(-c4ccc(-c5cc6ccccc6c6ccccc56)cc4)n3)cc2)c1. The van der Waals surface area contributed by atoms with Gasteiger partial charge >= 0.3 is 0 Å². The van der Waals surface area contributed by atoms with Crippen molar-refractivity contribution < 1.29 is 0 Å². The van der Waals surface area contributed by atoms with Crippen LogP contribution in [0.5, 0.6) is 0 Å². The molecule has 0 unspecified atom stereocenters. The first kappa shape index (κ1) is 27.8. The predicted octanol–water partition coefficient (Wildman–Crippen LogP) is 11.1. The van der Waals surface area contributed by atoms with Gasteiger partial charge in [-0.05, 0) is 68.1 Å². The average Bonchev–Trinajstić information content (AvgIpc) is 3.17. The Morgan fingerprint density at radius 2 is 1.04 bits per heavy atom. The van der Waals surface area contributed by atoms with E-state index in [9.17, 15) is 0 Å². The van der Waals surface area contributed by atoms with Crippen molar-refractivity contribution in [3.63, 3.8) is 0 Å². The molecule has 0 aliphatic carbocycles. The fraction of sp³-hybridized carbons (Fsp3) is 0. The molecule has 0 fully saturated rings. The van der Waals surface area contributed by atoms with E-state index in [0.29, 0.717) is 5.82 Å². The summed E-state index contributed by atoms with van der Waals surface area (Å²) in [5.74, 6) is 0.668. The molecule has 0 aliphatic rings. The van der Waals surface area contributed by atoms with E-state index in [1.54, 1.807) is 6.20 Å². The van der Waals surface area contributed by atoms with Gasteiger partial charge in [0.1, 0.15) is 0 Å². The predicted molar refractivity (Wildman–Crippen MR) is 197 cm³/mol. The lowest BCUT2D eigenvalue weighted by Gasteiger charge is -2.13. The number of hydrogen-bond acceptors (Lipinski definition) is 4. The van der Waals surface area contributed by atoms with Gasteiger partial charge in [-0.15, -0.1) is 0 Å². The van der Waals surface area contributed by atoms with Gasteiger partial charge in [0.15, 0.2) is 5.82 Å². The summed E-state index contributed by atoms with van der Waals surface area (Å²) in [4.78, 5) is 19.3. The number of rotatable bonds is 5. The molecule has 0 aliphatic heterocycles. The highest BCUT2D eigenvalue weighted by Gasteiger charge is 2.15. The van der Waals surface area contributed by atoms with E-state index in [2.05, 4.69) is 145 Å². The zero-order valence-electron chi connectivity index (χ0n) is 26.0. The minimum absolute atomic E-state index is 0.668. The van der Waals surface area contributed by atoms with E-state index in [1.165, 1.54) is 27.1 Å². The van der Waals surface area contributed by atoms with E-state index in [0.717, 1.165) is 55.7 Å². The number of pyridine rings is 2. The van der Waals surface area contributed by atoms with Crippen LogP contribution in [0, 0.1) is 0 Å². The van der Waals surface area contributed by atoms with Gasteiger partial charge in [-0.1, -0.05) is 127 Å². The Labute approximate surface area is 278 Å². The van der Waals surface area contributed by atoms with Gasteiger partial charge in [-0.25, -0.2) is 9.97 Å².